The minimum absolute atomic E-state index is 0.0211. The number of ketones is 1. The molecular weight excluding hydrogens is 608 g/mol. The first-order valence-electron chi connectivity index (χ1n) is 13.0. The summed E-state index contributed by atoms with van der Waals surface area (Å²) in [6, 6.07) is 26.5. The average molecular weight is 630 g/mol. The Labute approximate surface area is 248 Å². The highest BCUT2D eigenvalue weighted by Gasteiger charge is 2.74. The number of carbonyl (C=O) groups excluding carboxylic acids is 2. The summed E-state index contributed by atoms with van der Waals surface area (Å²) < 4.78 is 0.752. The zero-order chi connectivity index (χ0) is 28.5. The van der Waals surface area contributed by atoms with Crippen LogP contribution in [0.2, 0.25) is 5.02 Å². The van der Waals surface area contributed by atoms with Gasteiger partial charge in [-0.25, -0.2) is 0 Å². The third-order valence-corrected chi connectivity index (χ3v) is 9.45. The fraction of sp³-hybridized carbons (Fsp3) is 0.161. The van der Waals surface area contributed by atoms with Crippen LogP contribution in [-0.4, -0.2) is 23.2 Å². The number of nitrogens with zero attached hydrogens (tertiary/aromatic N) is 1. The summed E-state index contributed by atoms with van der Waals surface area (Å²) in [4.78, 5) is 40.9. The molecule has 3 aliphatic heterocycles. The lowest BCUT2D eigenvalue weighted by atomic mass is 9.55. The van der Waals surface area contributed by atoms with Crippen molar-refractivity contribution in [3.05, 3.63) is 133 Å². The molecule has 8 nitrogen and oxygen atoms in total. The molecule has 4 aromatic carbocycles. The Morgan fingerprint density at radius 3 is 2.41 bits per heavy atom. The van der Waals surface area contributed by atoms with Crippen molar-refractivity contribution >= 4 is 56.3 Å². The molecule has 41 heavy (non-hydrogen) atoms. The molecule has 0 radical (unpaired) electrons. The Hall–Kier alpha value is -4.05. The van der Waals surface area contributed by atoms with Gasteiger partial charge in [-0.15, -0.1) is 0 Å². The van der Waals surface area contributed by atoms with Crippen LogP contribution in [0.4, 0.5) is 17.1 Å². The molecule has 7 rings (SSSR count). The monoisotopic (exact) mass is 628 g/mol. The number of Topliss-reactive ketones (excluding diaryl/α,β-unsaturated/α-hetero) is 1. The first kappa shape index (κ1) is 25.9. The van der Waals surface area contributed by atoms with Gasteiger partial charge in [0.25, 0.3) is 11.6 Å². The number of halogens is 2. The molecule has 10 heteroatoms. The maximum Gasteiger partial charge on any atom is 0.293 e. The number of hydrogen-bond donors (Lipinski definition) is 3. The van der Waals surface area contributed by atoms with E-state index >= 15 is 4.79 Å². The Kier molecular flexibility index (Phi) is 5.83. The molecule has 0 aromatic heterocycles. The molecule has 4 atom stereocenters. The number of benzene rings is 4. The summed E-state index contributed by atoms with van der Waals surface area (Å²) in [6.45, 7) is -0.0211. The molecule has 1 fully saturated rings. The van der Waals surface area contributed by atoms with E-state index in [4.69, 9.17) is 11.6 Å². The topological polar surface area (TPSA) is 113 Å². The Morgan fingerprint density at radius 1 is 0.927 bits per heavy atom. The Bertz CT molecular complexity index is 1770. The molecule has 204 valence electrons. The number of anilines is 2. The summed E-state index contributed by atoms with van der Waals surface area (Å²) in [6.07, 6.45) is 0. The molecule has 2 spiro atoms. The van der Waals surface area contributed by atoms with E-state index in [2.05, 4.69) is 31.9 Å². The van der Waals surface area contributed by atoms with Crippen molar-refractivity contribution < 1.29 is 14.5 Å². The van der Waals surface area contributed by atoms with E-state index in [0.29, 0.717) is 16.3 Å². The summed E-state index contributed by atoms with van der Waals surface area (Å²) in [5.41, 5.74) is 0.162. The maximum absolute atomic E-state index is 15.1. The standard InChI is InChI=1S/C31H22BrClN4O4/c32-19-11-14-23-22(15-19)31(29(39)35-23)30(16-34-27-21(28(30)38)7-4-8-24(27)37(40)41)25(17-9-12-20(33)13-10-17)26(36-31)18-5-2-1-3-6-18/h1-15,25-26,34,36H,16H2,(H,35,39)/t25-,26-,30-,31-/m1/s1. The number of fused-ring (bicyclic) bond motifs is 4. The van der Waals surface area contributed by atoms with Crippen molar-refractivity contribution in [1.82, 2.24) is 5.32 Å². The zero-order valence-corrected chi connectivity index (χ0v) is 23.7. The molecule has 1 amide bonds. The fourth-order valence-electron chi connectivity index (χ4n) is 7.08. The molecule has 0 saturated carbocycles. The molecule has 3 heterocycles. The van der Waals surface area contributed by atoms with Gasteiger partial charge in [-0.2, -0.15) is 0 Å². The summed E-state index contributed by atoms with van der Waals surface area (Å²) >= 11 is 9.86. The van der Waals surface area contributed by atoms with Gasteiger partial charge >= 0.3 is 0 Å². The smallest absolute Gasteiger partial charge is 0.293 e. The van der Waals surface area contributed by atoms with E-state index in [9.17, 15) is 14.9 Å². The largest absolute Gasteiger partial charge is 0.378 e. The fourth-order valence-corrected chi connectivity index (χ4v) is 7.56. The van der Waals surface area contributed by atoms with Crippen molar-refractivity contribution in [2.24, 2.45) is 5.41 Å². The van der Waals surface area contributed by atoms with Crippen molar-refractivity contribution in [3.63, 3.8) is 0 Å². The lowest BCUT2D eigenvalue weighted by Crippen LogP contribution is -2.62. The summed E-state index contributed by atoms with van der Waals surface area (Å²) in [7, 11) is 0. The minimum atomic E-state index is -1.51. The van der Waals surface area contributed by atoms with Crippen molar-refractivity contribution in [1.29, 1.82) is 0 Å². The molecule has 3 aliphatic rings. The number of rotatable bonds is 3. The minimum Gasteiger partial charge on any atom is -0.378 e. The first-order chi connectivity index (χ1) is 19.8. The molecule has 4 aromatic rings. The van der Waals surface area contributed by atoms with E-state index in [-0.39, 0.29) is 35.2 Å². The van der Waals surface area contributed by atoms with E-state index in [1.54, 1.807) is 18.2 Å². The Morgan fingerprint density at radius 2 is 1.68 bits per heavy atom. The molecule has 1 saturated heterocycles. The number of nitro groups is 1. The van der Waals surface area contributed by atoms with Gasteiger partial charge in [0.05, 0.1) is 10.3 Å². The van der Waals surface area contributed by atoms with Crippen LogP contribution in [-0.2, 0) is 10.3 Å². The van der Waals surface area contributed by atoms with Crippen LogP contribution in [0, 0.1) is 15.5 Å². The number of amides is 1. The van der Waals surface area contributed by atoms with Crippen molar-refractivity contribution in [2.45, 2.75) is 17.5 Å². The molecule has 0 bridgehead atoms. The number of carbonyl (C=O) groups is 2. The normalized spacial score (nSPS) is 26.0. The van der Waals surface area contributed by atoms with Gasteiger partial charge in [0, 0.05) is 50.9 Å². The van der Waals surface area contributed by atoms with Gasteiger partial charge in [0.2, 0.25) is 0 Å². The van der Waals surface area contributed by atoms with E-state index in [1.807, 2.05) is 60.7 Å². The van der Waals surface area contributed by atoms with Crippen LogP contribution in [0.5, 0.6) is 0 Å². The lowest BCUT2D eigenvalue weighted by Gasteiger charge is -2.46. The van der Waals surface area contributed by atoms with Crippen LogP contribution in [0.15, 0.2) is 95.5 Å². The van der Waals surface area contributed by atoms with E-state index in [1.165, 1.54) is 12.1 Å². The van der Waals surface area contributed by atoms with Crippen molar-refractivity contribution in [2.75, 3.05) is 17.2 Å². The van der Waals surface area contributed by atoms with Crippen molar-refractivity contribution in [3.8, 4) is 0 Å². The average Bonchev–Trinajstić information content (AvgIpc) is 3.44. The van der Waals surface area contributed by atoms with Gasteiger partial charge < -0.3 is 10.6 Å². The van der Waals surface area contributed by atoms with Crippen LogP contribution in [0.25, 0.3) is 0 Å². The quantitative estimate of drug-likeness (QED) is 0.174. The second-order valence-electron chi connectivity index (χ2n) is 10.6. The summed E-state index contributed by atoms with van der Waals surface area (Å²) in [5.74, 6) is -1.26. The number of nitrogens with one attached hydrogen (secondary N) is 3. The van der Waals surface area contributed by atoms with Crippen LogP contribution < -0.4 is 16.0 Å². The zero-order valence-electron chi connectivity index (χ0n) is 21.4. The summed E-state index contributed by atoms with van der Waals surface area (Å²) in [5, 5.41) is 22.4. The van der Waals surface area contributed by atoms with Gasteiger partial charge in [0.1, 0.15) is 11.2 Å². The second-order valence-corrected chi connectivity index (χ2v) is 11.9. The predicted octanol–water partition coefficient (Wildman–Crippen LogP) is 6.58. The molecule has 0 aliphatic carbocycles. The first-order valence-corrected chi connectivity index (χ1v) is 14.2. The van der Waals surface area contributed by atoms with E-state index in [0.717, 1.165) is 15.6 Å². The third kappa shape index (κ3) is 3.49. The highest BCUT2D eigenvalue weighted by molar-refractivity contribution is 9.10. The molecule has 3 N–H and O–H groups in total. The second kappa shape index (κ2) is 9.24. The van der Waals surface area contributed by atoms with E-state index < -0.39 is 27.8 Å². The molecular formula is C31H22BrClN4O4. The maximum atomic E-state index is 15.1. The van der Waals surface area contributed by atoms with Gasteiger partial charge in [0.15, 0.2) is 5.78 Å². The van der Waals surface area contributed by atoms with Crippen LogP contribution in [0.3, 0.4) is 0 Å². The third-order valence-electron chi connectivity index (χ3n) is 8.70. The van der Waals surface area contributed by atoms with Gasteiger partial charge in [-0.3, -0.25) is 25.0 Å². The highest BCUT2D eigenvalue weighted by atomic mass is 79.9. The van der Waals surface area contributed by atoms with Gasteiger partial charge in [-0.1, -0.05) is 76.1 Å². The van der Waals surface area contributed by atoms with Gasteiger partial charge in [-0.05, 0) is 47.5 Å². The highest BCUT2D eigenvalue weighted by Crippen LogP contribution is 2.66. The number of hydrogen-bond acceptors (Lipinski definition) is 6. The number of para-hydroxylation sites is 1. The Balaban J connectivity index is 1.58. The molecule has 0 unspecified atom stereocenters. The lowest BCUT2D eigenvalue weighted by molar-refractivity contribution is -0.384. The van der Waals surface area contributed by atoms with Crippen LogP contribution >= 0.6 is 27.5 Å². The van der Waals surface area contributed by atoms with Crippen LogP contribution in [0.1, 0.15) is 39.0 Å². The SMILES string of the molecule is O=C1c2cccc([N+](=O)[O-])c2NC[C@@]12[C@H](c1ccc(Cl)cc1)[C@@H](c1ccccc1)N[C@]21C(=O)Nc2ccc(Br)cc21. The predicted molar refractivity (Wildman–Crippen MR) is 159 cm³/mol. The number of nitro benzene ring substituents is 1.